The predicted molar refractivity (Wildman–Crippen MR) is 59.7 cm³/mol. The van der Waals surface area contributed by atoms with Crippen LogP contribution in [0.1, 0.15) is 27.2 Å². The van der Waals surface area contributed by atoms with Gasteiger partial charge in [-0.3, -0.25) is 0 Å². The number of carboxylic acid groups (broad SMARTS) is 1. The summed E-state index contributed by atoms with van der Waals surface area (Å²) in [5, 5.41) is 20.9. The van der Waals surface area contributed by atoms with Crippen LogP contribution in [0.25, 0.3) is 0 Å². The van der Waals surface area contributed by atoms with Gasteiger partial charge in [-0.05, 0) is 11.8 Å². The van der Waals surface area contributed by atoms with E-state index < -0.39 is 5.97 Å². The van der Waals surface area contributed by atoms with Crippen molar-refractivity contribution in [2.45, 2.75) is 33.3 Å². The van der Waals surface area contributed by atoms with Crippen molar-refractivity contribution in [1.82, 2.24) is 5.32 Å². The third-order valence-electron chi connectivity index (χ3n) is 1.75. The number of aliphatic hydroxyl groups excluding tert-OH is 1. The summed E-state index contributed by atoms with van der Waals surface area (Å²) in [6, 6.07) is 0. The predicted octanol–water partition coefficient (Wildman–Crippen LogP) is 1.01. The van der Waals surface area contributed by atoms with Crippen LogP contribution in [0, 0.1) is 5.41 Å². The first kappa shape index (κ1) is 14.1. The Hall–Kier alpha value is -0.870. The minimum absolute atomic E-state index is 0.109. The Balaban J connectivity index is 3.56. The Bertz CT molecular complexity index is 218. The Morgan fingerprint density at radius 2 is 2.07 bits per heavy atom. The standard InChI is InChI=1S/C11H21NO3/c1-11(2,3)7-9(13)8-12-6-4-5-10(14)15/h4-5,9,12-13H,6-8H2,1-3H3,(H,14,15)/b5-4+. The van der Waals surface area contributed by atoms with Gasteiger partial charge in [0, 0.05) is 19.2 Å². The van der Waals surface area contributed by atoms with Crippen LogP contribution in [0.5, 0.6) is 0 Å². The van der Waals surface area contributed by atoms with Crippen LogP contribution in [0.15, 0.2) is 12.2 Å². The summed E-state index contributed by atoms with van der Waals surface area (Å²) in [6.07, 6.45) is 2.95. The number of carbonyl (C=O) groups is 1. The van der Waals surface area contributed by atoms with Crippen molar-refractivity contribution in [1.29, 1.82) is 0 Å². The van der Waals surface area contributed by atoms with Crippen LogP contribution in [0.2, 0.25) is 0 Å². The van der Waals surface area contributed by atoms with Gasteiger partial charge in [0.1, 0.15) is 0 Å². The first-order chi connectivity index (χ1) is 6.81. The topological polar surface area (TPSA) is 69.6 Å². The van der Waals surface area contributed by atoms with Crippen LogP contribution in [0.3, 0.4) is 0 Å². The van der Waals surface area contributed by atoms with E-state index in [1.807, 2.05) is 0 Å². The van der Waals surface area contributed by atoms with E-state index in [1.165, 1.54) is 6.08 Å². The quantitative estimate of drug-likeness (QED) is 0.457. The normalized spacial score (nSPS) is 14.4. The number of rotatable bonds is 6. The highest BCUT2D eigenvalue weighted by atomic mass is 16.4. The molecular formula is C11H21NO3. The fourth-order valence-corrected chi connectivity index (χ4v) is 1.27. The van der Waals surface area contributed by atoms with Crippen molar-refractivity contribution in [3.63, 3.8) is 0 Å². The van der Waals surface area contributed by atoms with Crippen LogP contribution in [-0.4, -0.2) is 35.4 Å². The van der Waals surface area contributed by atoms with Gasteiger partial charge >= 0.3 is 5.97 Å². The Morgan fingerprint density at radius 3 is 2.53 bits per heavy atom. The maximum atomic E-state index is 10.1. The number of hydrogen-bond acceptors (Lipinski definition) is 3. The Morgan fingerprint density at radius 1 is 1.47 bits per heavy atom. The molecule has 1 atom stereocenters. The van der Waals surface area contributed by atoms with E-state index in [4.69, 9.17) is 5.11 Å². The van der Waals surface area contributed by atoms with E-state index in [1.54, 1.807) is 0 Å². The molecule has 1 unspecified atom stereocenters. The lowest BCUT2D eigenvalue weighted by atomic mass is 9.89. The molecule has 15 heavy (non-hydrogen) atoms. The van der Waals surface area contributed by atoms with E-state index in [-0.39, 0.29) is 11.5 Å². The lowest BCUT2D eigenvalue weighted by Gasteiger charge is -2.22. The molecule has 0 aromatic carbocycles. The molecule has 0 amide bonds. The van der Waals surface area contributed by atoms with Crippen molar-refractivity contribution < 1.29 is 15.0 Å². The third kappa shape index (κ3) is 11.1. The van der Waals surface area contributed by atoms with Gasteiger partial charge in [0.15, 0.2) is 0 Å². The molecule has 0 fully saturated rings. The van der Waals surface area contributed by atoms with Crippen molar-refractivity contribution >= 4 is 5.97 Å². The Kier molecular flexibility index (Phi) is 6.20. The fourth-order valence-electron chi connectivity index (χ4n) is 1.27. The largest absolute Gasteiger partial charge is 0.478 e. The van der Waals surface area contributed by atoms with Gasteiger partial charge in [-0.2, -0.15) is 0 Å². The smallest absolute Gasteiger partial charge is 0.328 e. The van der Waals surface area contributed by atoms with Crippen LogP contribution in [-0.2, 0) is 4.79 Å². The minimum atomic E-state index is -0.952. The van der Waals surface area contributed by atoms with Crippen molar-refractivity contribution in [2.24, 2.45) is 5.41 Å². The van der Waals surface area contributed by atoms with E-state index >= 15 is 0 Å². The highest BCUT2D eigenvalue weighted by Crippen LogP contribution is 2.20. The van der Waals surface area contributed by atoms with Gasteiger partial charge in [-0.1, -0.05) is 26.8 Å². The van der Waals surface area contributed by atoms with Gasteiger partial charge < -0.3 is 15.5 Å². The molecule has 0 aromatic rings. The summed E-state index contributed by atoms with van der Waals surface area (Å²) < 4.78 is 0. The molecule has 0 aliphatic heterocycles. The van der Waals surface area contributed by atoms with Gasteiger partial charge in [0.2, 0.25) is 0 Å². The highest BCUT2D eigenvalue weighted by Gasteiger charge is 2.15. The van der Waals surface area contributed by atoms with Gasteiger partial charge in [0.25, 0.3) is 0 Å². The zero-order valence-corrected chi connectivity index (χ0v) is 9.66. The van der Waals surface area contributed by atoms with Crippen molar-refractivity contribution in [3.05, 3.63) is 12.2 Å². The van der Waals surface area contributed by atoms with Crippen LogP contribution >= 0.6 is 0 Å². The molecule has 0 bridgehead atoms. The van der Waals surface area contributed by atoms with Gasteiger partial charge in [-0.15, -0.1) is 0 Å². The second-order valence-corrected chi connectivity index (χ2v) is 4.82. The SMILES string of the molecule is CC(C)(C)CC(O)CNC/C=C/C(=O)O. The summed E-state index contributed by atoms with van der Waals surface area (Å²) in [7, 11) is 0. The molecule has 0 saturated heterocycles. The molecule has 88 valence electrons. The first-order valence-electron chi connectivity index (χ1n) is 5.09. The monoisotopic (exact) mass is 215 g/mol. The Labute approximate surface area is 91.0 Å². The molecule has 0 radical (unpaired) electrons. The molecule has 0 rings (SSSR count). The van der Waals surface area contributed by atoms with Crippen molar-refractivity contribution in [2.75, 3.05) is 13.1 Å². The molecular weight excluding hydrogens is 194 g/mol. The average Bonchev–Trinajstić information content (AvgIpc) is 1.99. The molecule has 0 aromatic heterocycles. The molecule has 0 heterocycles. The minimum Gasteiger partial charge on any atom is -0.478 e. The fraction of sp³-hybridized carbons (Fsp3) is 0.727. The summed E-state index contributed by atoms with van der Waals surface area (Å²) >= 11 is 0. The average molecular weight is 215 g/mol. The van der Waals surface area contributed by atoms with Gasteiger partial charge in [0.05, 0.1) is 6.10 Å². The summed E-state index contributed by atoms with van der Waals surface area (Å²) in [6.45, 7) is 7.16. The first-order valence-corrected chi connectivity index (χ1v) is 5.09. The van der Waals surface area contributed by atoms with E-state index in [2.05, 4.69) is 26.1 Å². The lowest BCUT2D eigenvalue weighted by Crippen LogP contribution is -2.30. The molecule has 4 nitrogen and oxygen atoms in total. The molecule has 3 N–H and O–H groups in total. The van der Waals surface area contributed by atoms with Crippen LogP contribution in [0.4, 0.5) is 0 Å². The summed E-state index contributed by atoms with van der Waals surface area (Å²) in [4.78, 5) is 10.1. The summed E-state index contributed by atoms with van der Waals surface area (Å²) in [5.41, 5.74) is 0.109. The highest BCUT2D eigenvalue weighted by molar-refractivity contribution is 5.79. The number of nitrogens with one attached hydrogen (secondary N) is 1. The zero-order chi connectivity index (χ0) is 11.9. The van der Waals surface area contributed by atoms with E-state index in [9.17, 15) is 9.90 Å². The summed E-state index contributed by atoms with van der Waals surface area (Å²) in [5.74, 6) is -0.952. The number of aliphatic hydroxyl groups is 1. The van der Waals surface area contributed by atoms with Crippen molar-refractivity contribution in [3.8, 4) is 0 Å². The number of hydrogen-bond donors (Lipinski definition) is 3. The van der Waals surface area contributed by atoms with Gasteiger partial charge in [-0.25, -0.2) is 4.79 Å². The lowest BCUT2D eigenvalue weighted by molar-refractivity contribution is -0.131. The van der Waals surface area contributed by atoms with E-state index in [0.717, 1.165) is 12.5 Å². The second kappa shape index (κ2) is 6.58. The zero-order valence-electron chi connectivity index (χ0n) is 9.66. The molecule has 0 spiro atoms. The maximum absolute atomic E-state index is 10.1. The molecule has 0 saturated carbocycles. The third-order valence-corrected chi connectivity index (χ3v) is 1.75. The van der Waals surface area contributed by atoms with Crippen LogP contribution < -0.4 is 5.32 Å². The van der Waals surface area contributed by atoms with E-state index in [0.29, 0.717) is 13.1 Å². The number of carboxylic acids is 1. The molecule has 0 aliphatic rings. The second-order valence-electron chi connectivity index (χ2n) is 4.82. The molecule has 0 aliphatic carbocycles. The maximum Gasteiger partial charge on any atom is 0.328 e. The number of aliphatic carboxylic acids is 1. The molecule has 4 heteroatoms.